The van der Waals surface area contributed by atoms with E-state index < -0.39 is 11.7 Å². The van der Waals surface area contributed by atoms with Crippen LogP contribution in [-0.2, 0) is 6.42 Å². The molecule has 1 heterocycles. The number of allylic oxidation sites excluding steroid dienone is 1. The highest BCUT2D eigenvalue weighted by molar-refractivity contribution is 6.03. The molecule has 2 atom stereocenters. The van der Waals surface area contributed by atoms with Crippen molar-refractivity contribution in [3.63, 3.8) is 0 Å². The summed E-state index contributed by atoms with van der Waals surface area (Å²) in [5.41, 5.74) is 0.957. The maximum atomic E-state index is 12.9. The van der Waals surface area contributed by atoms with Gasteiger partial charge in [-0.05, 0) is 52.0 Å². The molecule has 0 unspecified atom stereocenters. The Bertz CT molecular complexity index is 1000. The second-order valence-electron chi connectivity index (χ2n) is 8.99. The average molecular weight is 427 g/mol. The predicted molar refractivity (Wildman–Crippen MR) is 118 cm³/mol. The fraction of sp³-hybridized carbons (Fsp3) is 0.400. The first-order chi connectivity index (χ1) is 14.5. The molecule has 0 aromatic heterocycles. The van der Waals surface area contributed by atoms with Gasteiger partial charge >= 0.3 is 0 Å². The van der Waals surface area contributed by atoms with Crippen LogP contribution in [0.4, 0.5) is 0 Å². The molecule has 2 aromatic rings. The summed E-state index contributed by atoms with van der Waals surface area (Å²) in [5.74, 6) is -0.750. The molecule has 2 aromatic carbocycles. The van der Waals surface area contributed by atoms with E-state index in [-0.39, 0.29) is 46.7 Å². The Morgan fingerprint density at radius 2 is 1.87 bits per heavy atom. The lowest BCUT2D eigenvalue weighted by Gasteiger charge is -2.30. The Hall–Kier alpha value is -2.99. The fourth-order valence-electron chi connectivity index (χ4n) is 3.95. The Balaban J connectivity index is 2.01. The van der Waals surface area contributed by atoms with Crippen LogP contribution in [0.2, 0.25) is 0 Å². The lowest BCUT2D eigenvalue weighted by molar-refractivity contribution is 0.0650. The van der Waals surface area contributed by atoms with Crippen molar-refractivity contribution in [3.05, 3.63) is 59.2 Å². The van der Waals surface area contributed by atoms with Crippen LogP contribution < -0.4 is 4.74 Å². The van der Waals surface area contributed by atoms with Crippen LogP contribution in [0.15, 0.2) is 42.5 Å². The number of aromatic hydroxyl groups is 3. The van der Waals surface area contributed by atoms with E-state index in [1.54, 1.807) is 32.0 Å². The van der Waals surface area contributed by atoms with Gasteiger partial charge in [-0.1, -0.05) is 30.4 Å². The second kappa shape index (κ2) is 8.63. The molecule has 0 aliphatic carbocycles. The van der Waals surface area contributed by atoms with Gasteiger partial charge in [0.1, 0.15) is 34.7 Å². The summed E-state index contributed by atoms with van der Waals surface area (Å²) >= 11 is 0. The molecular formula is C25H30O6. The molecule has 6 nitrogen and oxygen atoms in total. The van der Waals surface area contributed by atoms with Gasteiger partial charge in [0.25, 0.3) is 0 Å². The minimum Gasteiger partial charge on any atom is -0.508 e. The van der Waals surface area contributed by atoms with E-state index in [1.807, 2.05) is 6.92 Å². The SMILES string of the molecule is C=C(C)[C@@H](CCC(C)(C)O)Cc1c(O)cc(O)c2c1O[C@H](c1ccccc1O)CC2=O. The van der Waals surface area contributed by atoms with Gasteiger partial charge < -0.3 is 25.2 Å². The quantitative estimate of drug-likeness (QED) is 0.474. The number of rotatable bonds is 7. The number of fused-ring (bicyclic) bond motifs is 1. The van der Waals surface area contributed by atoms with Crippen molar-refractivity contribution in [2.45, 2.75) is 58.2 Å². The summed E-state index contributed by atoms with van der Waals surface area (Å²) in [6, 6.07) is 7.79. The van der Waals surface area contributed by atoms with E-state index >= 15 is 0 Å². The van der Waals surface area contributed by atoms with Gasteiger partial charge in [-0.15, -0.1) is 0 Å². The minimum atomic E-state index is -0.841. The number of para-hydroxylation sites is 1. The summed E-state index contributed by atoms with van der Waals surface area (Å²) in [5, 5.41) is 41.3. The zero-order valence-electron chi connectivity index (χ0n) is 18.2. The Kier molecular flexibility index (Phi) is 6.32. The first kappa shape index (κ1) is 22.7. The third kappa shape index (κ3) is 5.02. The molecule has 166 valence electrons. The van der Waals surface area contributed by atoms with Crippen molar-refractivity contribution in [1.29, 1.82) is 0 Å². The van der Waals surface area contributed by atoms with Gasteiger partial charge in [0.2, 0.25) is 0 Å². The summed E-state index contributed by atoms with van der Waals surface area (Å²) in [7, 11) is 0. The number of carbonyl (C=O) groups is 1. The number of carbonyl (C=O) groups excluding carboxylic acids is 1. The second-order valence-corrected chi connectivity index (χ2v) is 8.99. The van der Waals surface area contributed by atoms with Crippen LogP contribution in [0.3, 0.4) is 0 Å². The summed E-state index contributed by atoms with van der Waals surface area (Å²) in [6.45, 7) is 9.41. The normalized spacial score (nSPS) is 17.0. The van der Waals surface area contributed by atoms with Crippen LogP contribution >= 0.6 is 0 Å². The van der Waals surface area contributed by atoms with Crippen molar-refractivity contribution in [2.75, 3.05) is 0 Å². The molecule has 0 amide bonds. The molecule has 0 radical (unpaired) electrons. The van der Waals surface area contributed by atoms with Gasteiger partial charge in [0.15, 0.2) is 5.78 Å². The van der Waals surface area contributed by atoms with Crippen molar-refractivity contribution in [3.8, 4) is 23.0 Å². The van der Waals surface area contributed by atoms with Crippen LogP contribution in [0.25, 0.3) is 0 Å². The Morgan fingerprint density at radius 3 is 2.48 bits per heavy atom. The number of phenolic OH excluding ortho intramolecular Hbond substituents is 3. The highest BCUT2D eigenvalue weighted by Gasteiger charge is 2.35. The monoisotopic (exact) mass is 426 g/mol. The molecule has 6 heteroatoms. The van der Waals surface area contributed by atoms with Crippen molar-refractivity contribution < 1.29 is 30.0 Å². The Labute approximate surface area is 182 Å². The average Bonchev–Trinajstić information content (AvgIpc) is 2.65. The molecule has 3 rings (SSSR count). The van der Waals surface area contributed by atoms with Crippen molar-refractivity contribution in [2.24, 2.45) is 5.92 Å². The molecule has 0 saturated heterocycles. The zero-order chi connectivity index (χ0) is 22.9. The largest absolute Gasteiger partial charge is 0.508 e. The van der Waals surface area contributed by atoms with Gasteiger partial charge in [0.05, 0.1) is 12.0 Å². The van der Waals surface area contributed by atoms with E-state index in [0.29, 0.717) is 30.4 Å². The first-order valence-corrected chi connectivity index (χ1v) is 10.4. The first-order valence-electron chi connectivity index (χ1n) is 10.4. The Morgan fingerprint density at radius 1 is 1.19 bits per heavy atom. The van der Waals surface area contributed by atoms with Crippen molar-refractivity contribution >= 4 is 5.78 Å². The number of Topliss-reactive ketones (excluding diaryl/α,β-unsaturated/α-hetero) is 1. The maximum Gasteiger partial charge on any atom is 0.174 e. The van der Waals surface area contributed by atoms with Gasteiger partial charge in [-0.2, -0.15) is 0 Å². The number of aliphatic hydroxyl groups is 1. The molecule has 4 N–H and O–H groups in total. The van der Waals surface area contributed by atoms with Crippen molar-refractivity contribution in [1.82, 2.24) is 0 Å². The standard InChI is InChI=1S/C25H30O6/c1-14(2)15(9-10-25(3,4)30)11-17-19(27)12-20(28)23-21(29)13-22(31-24(17)23)16-7-5-6-8-18(16)26/h5-8,12,15,22,26-28,30H,1,9-11,13H2,2-4H3/t15-,22-/m0/s1. The number of ketones is 1. The third-order valence-electron chi connectivity index (χ3n) is 5.79. The number of hydrogen-bond acceptors (Lipinski definition) is 6. The smallest absolute Gasteiger partial charge is 0.174 e. The molecular weight excluding hydrogens is 396 g/mol. The zero-order valence-corrected chi connectivity index (χ0v) is 18.2. The lowest BCUT2D eigenvalue weighted by atomic mass is 9.84. The minimum absolute atomic E-state index is 0.0136. The molecule has 1 aliphatic heterocycles. The van der Waals surface area contributed by atoms with E-state index in [1.165, 1.54) is 12.1 Å². The molecule has 0 saturated carbocycles. The van der Waals surface area contributed by atoms with Gasteiger partial charge in [0, 0.05) is 17.2 Å². The van der Waals surface area contributed by atoms with Crippen LogP contribution in [-0.4, -0.2) is 31.8 Å². The van der Waals surface area contributed by atoms with Crippen LogP contribution in [0.5, 0.6) is 23.0 Å². The van der Waals surface area contributed by atoms with Gasteiger partial charge in [-0.25, -0.2) is 0 Å². The number of phenols is 3. The number of benzene rings is 2. The maximum absolute atomic E-state index is 12.9. The predicted octanol–water partition coefficient (Wildman–Crippen LogP) is 4.80. The molecule has 1 aliphatic rings. The molecule has 0 fully saturated rings. The van der Waals surface area contributed by atoms with Crippen LogP contribution in [0.1, 0.15) is 67.6 Å². The van der Waals surface area contributed by atoms with E-state index in [2.05, 4.69) is 6.58 Å². The topological polar surface area (TPSA) is 107 Å². The third-order valence-corrected chi connectivity index (χ3v) is 5.79. The van der Waals surface area contributed by atoms with E-state index in [0.717, 1.165) is 5.57 Å². The number of hydrogen-bond donors (Lipinski definition) is 4. The molecule has 31 heavy (non-hydrogen) atoms. The van der Waals surface area contributed by atoms with Crippen LogP contribution in [0, 0.1) is 5.92 Å². The van der Waals surface area contributed by atoms with E-state index in [9.17, 15) is 25.2 Å². The van der Waals surface area contributed by atoms with E-state index in [4.69, 9.17) is 4.74 Å². The molecule has 0 bridgehead atoms. The lowest BCUT2D eigenvalue weighted by Crippen LogP contribution is -2.23. The highest BCUT2D eigenvalue weighted by atomic mass is 16.5. The highest BCUT2D eigenvalue weighted by Crippen LogP contribution is 2.47. The summed E-state index contributed by atoms with van der Waals surface area (Å²) in [4.78, 5) is 12.9. The fourth-order valence-corrected chi connectivity index (χ4v) is 3.95. The number of ether oxygens (including phenoxy) is 1. The summed E-state index contributed by atoms with van der Waals surface area (Å²) in [6.07, 6.45) is 0.725. The molecule has 0 spiro atoms. The summed E-state index contributed by atoms with van der Waals surface area (Å²) < 4.78 is 6.11. The van der Waals surface area contributed by atoms with Gasteiger partial charge in [-0.3, -0.25) is 4.79 Å².